The van der Waals surface area contributed by atoms with Gasteiger partial charge in [-0.05, 0) is 39.7 Å². The van der Waals surface area contributed by atoms with E-state index in [0.717, 1.165) is 32.4 Å². The first-order valence-corrected chi connectivity index (χ1v) is 10.5. The molecule has 152 valence electrons. The molecule has 0 atom stereocenters. The van der Waals surface area contributed by atoms with Crippen molar-refractivity contribution >= 4 is 28.3 Å². The number of nitrogens with zero attached hydrogens (tertiary/aromatic N) is 1. The normalized spacial score (nSPS) is 19.3. The molecule has 1 aliphatic carbocycles. The first kappa shape index (κ1) is 21.9. The van der Waals surface area contributed by atoms with Gasteiger partial charge in [0.05, 0.1) is 0 Å². The molecule has 1 saturated carbocycles. The van der Waals surface area contributed by atoms with E-state index in [1.807, 2.05) is 0 Å². The minimum atomic E-state index is -3.90. The summed E-state index contributed by atoms with van der Waals surface area (Å²) >= 11 is 0. The first-order chi connectivity index (χ1) is 12.3. The van der Waals surface area contributed by atoms with Gasteiger partial charge in [0.25, 0.3) is 0 Å². The monoisotopic (exact) mass is 418 g/mol. The number of amides is 1. The quantitative estimate of drug-likeness (QED) is 0.601. The van der Waals surface area contributed by atoms with E-state index in [0.29, 0.717) is 25.1 Å². The second-order valence-corrected chi connectivity index (χ2v) is 8.67. The van der Waals surface area contributed by atoms with Gasteiger partial charge in [-0.25, -0.2) is 8.42 Å². The zero-order chi connectivity index (χ0) is 18.8. The van der Waals surface area contributed by atoms with E-state index in [2.05, 4.69) is 26.6 Å². The number of aryl methyl sites for hydroxylation is 2. The molecule has 0 radical (unpaired) electrons. The van der Waals surface area contributed by atoms with Crippen LogP contribution < -0.4 is 15.4 Å². The summed E-state index contributed by atoms with van der Waals surface area (Å²) < 4.78 is 33.4. The average molecular weight is 419 g/mol. The molecule has 3 N–H and O–H groups in total. The Kier molecular flexibility index (Phi) is 7.07. The van der Waals surface area contributed by atoms with Crippen LogP contribution in [-0.4, -0.2) is 44.7 Å². The summed E-state index contributed by atoms with van der Waals surface area (Å²) in [5.41, 5.74) is 0.352. The van der Waals surface area contributed by atoms with Crippen molar-refractivity contribution < 1.29 is 17.7 Å². The van der Waals surface area contributed by atoms with Crippen molar-refractivity contribution in [2.45, 2.75) is 56.4 Å². The molecule has 2 aliphatic rings. The maximum atomic E-state index is 12.9. The third-order valence-electron chi connectivity index (χ3n) is 5.09. The van der Waals surface area contributed by atoms with Crippen LogP contribution in [0.3, 0.4) is 0 Å². The standard InChI is InChI=1S/C17H26N4O4S.ClH/c1-12-15(13(2)25-20-12)26(23,24)21-17(7-3-4-8-17)16(22)19-11-14-5-9-18-10-6-14;/h5,18,21H,3-4,6-11H2,1-2H3,(H,19,22);1H. The number of hydrogen-bond donors (Lipinski definition) is 3. The highest BCUT2D eigenvalue weighted by Gasteiger charge is 2.45. The Balaban J connectivity index is 0.00000261. The molecule has 0 aromatic carbocycles. The Bertz CT molecular complexity index is 793. The highest BCUT2D eigenvalue weighted by molar-refractivity contribution is 7.89. The molecule has 0 unspecified atom stereocenters. The van der Waals surface area contributed by atoms with Gasteiger partial charge < -0.3 is 15.2 Å². The van der Waals surface area contributed by atoms with Gasteiger partial charge in [-0.2, -0.15) is 4.72 Å². The molecule has 0 bridgehead atoms. The van der Waals surface area contributed by atoms with Crippen LogP contribution in [0.4, 0.5) is 0 Å². The lowest BCUT2D eigenvalue weighted by molar-refractivity contribution is -0.126. The maximum Gasteiger partial charge on any atom is 0.246 e. The maximum absolute atomic E-state index is 12.9. The lowest BCUT2D eigenvalue weighted by atomic mass is 9.97. The molecule has 1 amide bonds. The number of carbonyl (C=O) groups is 1. The fraction of sp³-hybridized carbons (Fsp3) is 0.647. The number of rotatable bonds is 6. The zero-order valence-corrected chi connectivity index (χ0v) is 17.3. The van der Waals surface area contributed by atoms with Crippen LogP contribution in [0.2, 0.25) is 0 Å². The van der Waals surface area contributed by atoms with E-state index in [4.69, 9.17) is 4.52 Å². The summed E-state index contributed by atoms with van der Waals surface area (Å²) in [6.07, 6.45) is 5.55. The molecule has 10 heteroatoms. The van der Waals surface area contributed by atoms with Crippen LogP contribution in [0.15, 0.2) is 21.1 Å². The van der Waals surface area contributed by atoms with Crippen LogP contribution >= 0.6 is 12.4 Å². The SMILES string of the molecule is Cc1noc(C)c1S(=O)(=O)NC1(C(=O)NCC2=CCNCC2)CCCC1.Cl. The third-order valence-corrected chi connectivity index (χ3v) is 6.87. The Morgan fingerprint density at radius 3 is 2.59 bits per heavy atom. The van der Waals surface area contributed by atoms with E-state index >= 15 is 0 Å². The van der Waals surface area contributed by atoms with Crippen molar-refractivity contribution in [1.29, 1.82) is 0 Å². The minimum Gasteiger partial charge on any atom is -0.360 e. The third kappa shape index (κ3) is 4.71. The van der Waals surface area contributed by atoms with Crippen LogP contribution in [0, 0.1) is 13.8 Å². The fourth-order valence-electron chi connectivity index (χ4n) is 3.71. The summed E-state index contributed by atoms with van der Waals surface area (Å²) in [5, 5.41) is 9.87. The Labute approximate surface area is 166 Å². The van der Waals surface area contributed by atoms with Gasteiger partial charge in [-0.15, -0.1) is 12.4 Å². The average Bonchev–Trinajstić information content (AvgIpc) is 3.20. The number of sulfonamides is 1. The highest BCUT2D eigenvalue weighted by atomic mass is 35.5. The molecule has 2 heterocycles. The van der Waals surface area contributed by atoms with Crippen molar-refractivity contribution in [1.82, 2.24) is 20.5 Å². The van der Waals surface area contributed by atoms with Crippen molar-refractivity contribution in [2.75, 3.05) is 19.6 Å². The minimum absolute atomic E-state index is 0. The molecular weight excluding hydrogens is 392 g/mol. The highest BCUT2D eigenvalue weighted by Crippen LogP contribution is 2.32. The molecule has 3 rings (SSSR count). The number of carbonyl (C=O) groups excluding carboxylic acids is 1. The van der Waals surface area contributed by atoms with Gasteiger partial charge in [-0.3, -0.25) is 4.79 Å². The molecule has 0 spiro atoms. The van der Waals surface area contributed by atoms with Crippen molar-refractivity contribution in [2.24, 2.45) is 0 Å². The predicted octanol–water partition coefficient (Wildman–Crippen LogP) is 1.34. The van der Waals surface area contributed by atoms with Gasteiger partial charge in [-0.1, -0.05) is 29.6 Å². The molecule has 0 saturated heterocycles. The zero-order valence-electron chi connectivity index (χ0n) is 15.6. The summed E-state index contributed by atoms with van der Waals surface area (Å²) in [6, 6.07) is 0. The Morgan fingerprint density at radius 2 is 2.04 bits per heavy atom. The smallest absolute Gasteiger partial charge is 0.246 e. The van der Waals surface area contributed by atoms with Crippen molar-refractivity contribution in [3.8, 4) is 0 Å². The molecule has 1 aromatic rings. The lowest BCUT2D eigenvalue weighted by Gasteiger charge is -2.29. The molecule has 1 fully saturated rings. The van der Waals surface area contributed by atoms with Gasteiger partial charge >= 0.3 is 0 Å². The summed E-state index contributed by atoms with van der Waals surface area (Å²) in [5.74, 6) is -0.0341. The fourth-order valence-corrected chi connectivity index (χ4v) is 5.47. The van der Waals surface area contributed by atoms with Crippen molar-refractivity contribution in [3.05, 3.63) is 23.1 Å². The number of aromatic nitrogens is 1. The Morgan fingerprint density at radius 1 is 1.33 bits per heavy atom. The van der Waals surface area contributed by atoms with E-state index in [9.17, 15) is 13.2 Å². The van der Waals surface area contributed by atoms with Crippen LogP contribution in [0.25, 0.3) is 0 Å². The molecule has 8 nitrogen and oxygen atoms in total. The first-order valence-electron chi connectivity index (χ1n) is 8.98. The molecule has 1 aromatic heterocycles. The second-order valence-electron chi connectivity index (χ2n) is 7.05. The van der Waals surface area contributed by atoms with E-state index in [1.54, 1.807) is 13.8 Å². The van der Waals surface area contributed by atoms with E-state index in [-0.39, 0.29) is 29.0 Å². The van der Waals surface area contributed by atoms with Gasteiger partial charge in [0, 0.05) is 13.1 Å². The summed E-state index contributed by atoms with van der Waals surface area (Å²) in [4.78, 5) is 12.9. The second kappa shape index (κ2) is 8.72. The predicted molar refractivity (Wildman–Crippen MR) is 103 cm³/mol. The molecule has 1 aliphatic heterocycles. The van der Waals surface area contributed by atoms with Crippen molar-refractivity contribution in [3.63, 3.8) is 0 Å². The van der Waals surface area contributed by atoms with Crippen LogP contribution in [0.1, 0.15) is 43.6 Å². The molecule has 27 heavy (non-hydrogen) atoms. The topological polar surface area (TPSA) is 113 Å². The largest absolute Gasteiger partial charge is 0.360 e. The number of hydrogen-bond acceptors (Lipinski definition) is 6. The van der Waals surface area contributed by atoms with Gasteiger partial charge in [0.15, 0.2) is 5.76 Å². The van der Waals surface area contributed by atoms with E-state index < -0.39 is 15.6 Å². The number of nitrogens with one attached hydrogen (secondary N) is 3. The van der Waals surface area contributed by atoms with E-state index in [1.165, 1.54) is 5.57 Å². The summed E-state index contributed by atoms with van der Waals surface area (Å²) in [7, 11) is -3.90. The Hall–Kier alpha value is -1.42. The van der Waals surface area contributed by atoms with Crippen LogP contribution in [0.5, 0.6) is 0 Å². The lowest BCUT2D eigenvalue weighted by Crippen LogP contribution is -2.57. The summed E-state index contributed by atoms with van der Waals surface area (Å²) in [6.45, 7) is 5.28. The number of halogens is 1. The van der Waals surface area contributed by atoms with Gasteiger partial charge in [0.1, 0.15) is 16.1 Å². The molecular formula is C17H27ClN4O4S. The van der Waals surface area contributed by atoms with Crippen LogP contribution in [-0.2, 0) is 14.8 Å². The van der Waals surface area contributed by atoms with Gasteiger partial charge in [0.2, 0.25) is 15.9 Å².